The molecule has 96 valence electrons. The molecule has 2 fully saturated rings. The summed E-state index contributed by atoms with van der Waals surface area (Å²) in [6.07, 6.45) is 5.45. The van der Waals surface area contributed by atoms with Gasteiger partial charge in [0.25, 0.3) is 0 Å². The third-order valence-electron chi connectivity index (χ3n) is 3.54. The SMILES string of the molecule is C[Si](C)(C)/C(I)=C1\OC(=O)NC12CCCCC2. The number of nitrogens with one attached hydrogen (secondary N) is 1. The summed E-state index contributed by atoms with van der Waals surface area (Å²) in [6.45, 7) is 6.89. The van der Waals surface area contributed by atoms with E-state index in [9.17, 15) is 4.79 Å². The number of rotatable bonds is 1. The molecule has 0 bridgehead atoms. The normalized spacial score (nSPS) is 26.7. The number of hydrogen-bond donors (Lipinski definition) is 1. The third kappa shape index (κ3) is 2.54. The highest BCUT2D eigenvalue weighted by Gasteiger charge is 2.47. The van der Waals surface area contributed by atoms with Gasteiger partial charge in [-0.15, -0.1) is 0 Å². The zero-order valence-electron chi connectivity index (χ0n) is 10.7. The minimum absolute atomic E-state index is 0.174. The first-order valence-electron chi connectivity index (χ1n) is 6.26. The van der Waals surface area contributed by atoms with Crippen LogP contribution in [0.15, 0.2) is 8.96 Å². The van der Waals surface area contributed by atoms with Crippen LogP contribution in [0.3, 0.4) is 0 Å². The Hall–Kier alpha value is -0.0431. The van der Waals surface area contributed by atoms with E-state index in [1.165, 1.54) is 22.5 Å². The Kier molecular flexibility index (Phi) is 3.60. The topological polar surface area (TPSA) is 38.3 Å². The molecule has 0 unspecified atom stereocenters. The number of carbonyl (C=O) groups is 1. The summed E-state index contributed by atoms with van der Waals surface area (Å²) in [5.74, 6) is 0.946. The van der Waals surface area contributed by atoms with Crippen LogP contribution in [0.4, 0.5) is 4.79 Å². The molecule has 2 aliphatic rings. The fraction of sp³-hybridized carbons (Fsp3) is 0.750. The summed E-state index contributed by atoms with van der Waals surface area (Å²) < 4.78 is 6.80. The highest BCUT2D eigenvalue weighted by atomic mass is 127. The average Bonchev–Trinajstić information content (AvgIpc) is 2.54. The molecule has 0 atom stereocenters. The van der Waals surface area contributed by atoms with Crippen LogP contribution in [-0.2, 0) is 4.74 Å². The molecule has 5 heteroatoms. The molecule has 0 radical (unpaired) electrons. The molecule has 1 aliphatic heterocycles. The monoisotopic (exact) mass is 365 g/mol. The van der Waals surface area contributed by atoms with Crippen molar-refractivity contribution in [3.63, 3.8) is 0 Å². The number of hydrogen-bond acceptors (Lipinski definition) is 2. The Bertz CT molecular complexity index is 367. The van der Waals surface area contributed by atoms with Crippen LogP contribution in [0, 0.1) is 0 Å². The standard InChI is InChI=1S/C12H20INO2Si/c1-17(2,3)10(13)9-12(14-11(15)16-9)7-5-4-6-8-12/h4-8H2,1-3H3,(H,14,15)/b10-9-. The fourth-order valence-corrected chi connectivity index (χ4v) is 4.17. The lowest BCUT2D eigenvalue weighted by atomic mass is 9.81. The molecule has 0 aromatic rings. The maximum absolute atomic E-state index is 11.6. The predicted octanol–water partition coefficient (Wildman–Crippen LogP) is 3.95. The molecular formula is C12H20INO2Si. The van der Waals surface area contributed by atoms with Crippen LogP contribution < -0.4 is 5.32 Å². The maximum Gasteiger partial charge on any atom is 0.413 e. The molecule has 17 heavy (non-hydrogen) atoms. The van der Waals surface area contributed by atoms with E-state index >= 15 is 0 Å². The summed E-state index contributed by atoms with van der Waals surface area (Å²) in [6, 6.07) is 0. The molecular weight excluding hydrogens is 345 g/mol. The number of carbonyl (C=O) groups excluding carboxylic acids is 1. The molecule has 0 aromatic heterocycles. The van der Waals surface area contributed by atoms with Crippen molar-refractivity contribution in [1.29, 1.82) is 0 Å². The quantitative estimate of drug-likeness (QED) is 0.564. The lowest BCUT2D eigenvalue weighted by Crippen LogP contribution is -2.45. The highest BCUT2D eigenvalue weighted by molar-refractivity contribution is 14.1. The van der Waals surface area contributed by atoms with Crippen molar-refractivity contribution in [3.8, 4) is 0 Å². The smallest absolute Gasteiger partial charge is 0.412 e. The molecule has 1 amide bonds. The molecule has 1 aliphatic carbocycles. The van der Waals surface area contributed by atoms with Gasteiger partial charge in [0.1, 0.15) is 11.3 Å². The van der Waals surface area contributed by atoms with E-state index in [4.69, 9.17) is 4.74 Å². The van der Waals surface area contributed by atoms with Gasteiger partial charge < -0.3 is 10.1 Å². The maximum atomic E-state index is 11.6. The van der Waals surface area contributed by atoms with E-state index in [1.54, 1.807) is 0 Å². The average molecular weight is 365 g/mol. The first-order chi connectivity index (χ1) is 7.85. The van der Waals surface area contributed by atoms with Crippen LogP contribution in [0.5, 0.6) is 0 Å². The van der Waals surface area contributed by atoms with Gasteiger partial charge in [-0.2, -0.15) is 0 Å². The van der Waals surface area contributed by atoms with Crippen molar-refractivity contribution in [3.05, 3.63) is 8.96 Å². The van der Waals surface area contributed by atoms with Gasteiger partial charge in [-0.25, -0.2) is 4.79 Å². The van der Waals surface area contributed by atoms with Crippen molar-refractivity contribution in [1.82, 2.24) is 5.32 Å². The largest absolute Gasteiger partial charge is 0.413 e. The van der Waals surface area contributed by atoms with E-state index < -0.39 is 8.07 Å². The van der Waals surface area contributed by atoms with Crippen molar-refractivity contribution in [2.24, 2.45) is 0 Å². The first-order valence-corrected chi connectivity index (χ1v) is 10.8. The zero-order chi connectivity index (χ0) is 12.7. The van der Waals surface area contributed by atoms with Crippen molar-refractivity contribution in [2.45, 2.75) is 57.3 Å². The van der Waals surface area contributed by atoms with Gasteiger partial charge in [0.05, 0.1) is 8.07 Å². The fourth-order valence-electron chi connectivity index (χ4n) is 2.57. The second-order valence-corrected chi connectivity index (χ2v) is 13.1. The van der Waals surface area contributed by atoms with Crippen LogP contribution in [0.1, 0.15) is 32.1 Å². The molecule has 2 rings (SSSR count). The molecule has 3 nitrogen and oxygen atoms in total. The second kappa shape index (κ2) is 4.57. The highest BCUT2D eigenvalue weighted by Crippen LogP contribution is 2.43. The molecule has 1 spiro atoms. The first kappa shape index (κ1) is 13.4. The lowest BCUT2D eigenvalue weighted by molar-refractivity contribution is 0.195. The summed E-state index contributed by atoms with van der Waals surface area (Å²) in [5.41, 5.74) is -0.174. The predicted molar refractivity (Wildman–Crippen MR) is 79.8 cm³/mol. The summed E-state index contributed by atoms with van der Waals surface area (Å²) in [7, 11) is -1.42. The number of ether oxygens (including phenoxy) is 1. The Labute approximate surface area is 118 Å². The third-order valence-corrected chi connectivity index (χ3v) is 10.4. The van der Waals surface area contributed by atoms with Gasteiger partial charge in [-0.3, -0.25) is 0 Å². The molecule has 1 saturated heterocycles. The van der Waals surface area contributed by atoms with Crippen molar-refractivity contribution in [2.75, 3.05) is 0 Å². The van der Waals surface area contributed by atoms with Crippen molar-refractivity contribution >= 4 is 36.8 Å². The molecule has 0 aromatic carbocycles. The summed E-state index contributed by atoms with van der Waals surface area (Å²) in [5, 5.41) is 3.07. The van der Waals surface area contributed by atoms with Gasteiger partial charge in [0, 0.05) is 3.20 Å². The minimum Gasteiger partial charge on any atom is -0.412 e. The number of halogens is 1. The van der Waals surface area contributed by atoms with E-state index in [1.807, 2.05) is 0 Å². The van der Waals surface area contributed by atoms with E-state index in [0.29, 0.717) is 0 Å². The minimum atomic E-state index is -1.42. The number of cyclic esters (lactones) is 1. The Morgan fingerprint density at radius 2 is 1.88 bits per heavy atom. The van der Waals surface area contributed by atoms with Crippen molar-refractivity contribution < 1.29 is 9.53 Å². The Morgan fingerprint density at radius 3 is 2.41 bits per heavy atom. The van der Waals surface area contributed by atoms with Crippen LogP contribution >= 0.6 is 22.6 Å². The van der Waals surface area contributed by atoms with Gasteiger partial charge in [0.15, 0.2) is 0 Å². The molecule has 1 N–H and O–H groups in total. The van der Waals surface area contributed by atoms with E-state index in [2.05, 4.69) is 47.5 Å². The zero-order valence-corrected chi connectivity index (χ0v) is 13.9. The Balaban J connectivity index is 2.40. The van der Waals surface area contributed by atoms with Crippen LogP contribution in [-0.4, -0.2) is 19.7 Å². The van der Waals surface area contributed by atoms with Crippen LogP contribution in [0.25, 0.3) is 0 Å². The summed E-state index contributed by atoms with van der Waals surface area (Å²) >= 11 is 2.40. The molecule has 1 heterocycles. The van der Waals surface area contributed by atoms with Crippen LogP contribution in [0.2, 0.25) is 19.6 Å². The van der Waals surface area contributed by atoms with E-state index in [-0.39, 0.29) is 11.6 Å². The number of amides is 1. The Morgan fingerprint density at radius 1 is 1.29 bits per heavy atom. The van der Waals surface area contributed by atoms with Gasteiger partial charge in [0.2, 0.25) is 0 Å². The van der Waals surface area contributed by atoms with Gasteiger partial charge >= 0.3 is 6.09 Å². The summed E-state index contributed by atoms with van der Waals surface area (Å²) in [4.78, 5) is 11.6. The number of alkyl carbamates (subject to hydrolysis) is 1. The molecule has 1 saturated carbocycles. The van der Waals surface area contributed by atoms with Gasteiger partial charge in [-0.05, 0) is 12.8 Å². The second-order valence-electron chi connectivity index (χ2n) is 6.05. The van der Waals surface area contributed by atoms with E-state index in [0.717, 1.165) is 18.6 Å². The van der Waals surface area contributed by atoms with Gasteiger partial charge in [-0.1, -0.05) is 61.5 Å². The lowest BCUT2D eigenvalue weighted by Gasteiger charge is -2.33.